The molecule has 6 heteroatoms. The highest BCUT2D eigenvalue weighted by Crippen LogP contribution is 2.23. The third kappa shape index (κ3) is 3.11. The van der Waals surface area contributed by atoms with E-state index in [0.717, 1.165) is 10.6 Å². The van der Waals surface area contributed by atoms with E-state index in [2.05, 4.69) is 10.4 Å². The Labute approximate surface area is 121 Å². The fraction of sp³-hybridized carbons (Fsp3) is 0.231. The van der Waals surface area contributed by atoms with Crippen LogP contribution in [0.4, 0.5) is 5.82 Å². The molecule has 0 spiro atoms. The molecule has 2 aromatic rings. The van der Waals surface area contributed by atoms with Crippen molar-refractivity contribution >= 4 is 35.1 Å². The molecule has 100 valence electrons. The van der Waals surface area contributed by atoms with Gasteiger partial charge in [-0.15, -0.1) is 11.8 Å². The maximum absolute atomic E-state index is 12.2. The number of anilines is 1. The van der Waals surface area contributed by atoms with E-state index < -0.39 is 0 Å². The van der Waals surface area contributed by atoms with E-state index in [4.69, 9.17) is 11.6 Å². The van der Waals surface area contributed by atoms with Gasteiger partial charge in [-0.3, -0.25) is 9.48 Å². The molecule has 0 aliphatic heterocycles. The standard InChI is InChI=1S/C13H14ClN3OS/c1-8-6-12(16-17(8)2)15-13(18)10-7-9(19-3)4-5-11(10)14/h4-7H,1-3H3,(H,15,16,18). The smallest absolute Gasteiger partial charge is 0.258 e. The van der Waals surface area contributed by atoms with E-state index in [1.54, 1.807) is 28.6 Å². The number of aromatic nitrogens is 2. The Morgan fingerprint density at radius 3 is 2.74 bits per heavy atom. The molecule has 1 heterocycles. The molecular weight excluding hydrogens is 282 g/mol. The number of thioether (sulfide) groups is 1. The summed E-state index contributed by atoms with van der Waals surface area (Å²) in [5, 5.41) is 7.37. The molecule has 0 radical (unpaired) electrons. The molecule has 0 fully saturated rings. The lowest BCUT2D eigenvalue weighted by Crippen LogP contribution is -2.13. The average Bonchev–Trinajstić information content (AvgIpc) is 2.68. The topological polar surface area (TPSA) is 46.9 Å². The van der Waals surface area contributed by atoms with Crippen LogP contribution in [0, 0.1) is 6.92 Å². The second kappa shape index (κ2) is 5.67. The first-order valence-corrected chi connectivity index (χ1v) is 7.27. The highest BCUT2D eigenvalue weighted by Gasteiger charge is 2.13. The van der Waals surface area contributed by atoms with Crippen LogP contribution in [0.5, 0.6) is 0 Å². The van der Waals surface area contributed by atoms with Crippen LogP contribution >= 0.6 is 23.4 Å². The lowest BCUT2D eigenvalue weighted by atomic mass is 10.2. The molecule has 0 aliphatic carbocycles. The SMILES string of the molecule is CSc1ccc(Cl)c(C(=O)Nc2cc(C)n(C)n2)c1. The van der Waals surface area contributed by atoms with E-state index in [1.807, 2.05) is 32.4 Å². The molecule has 0 saturated heterocycles. The van der Waals surface area contributed by atoms with Crippen molar-refractivity contribution in [2.75, 3.05) is 11.6 Å². The maximum Gasteiger partial charge on any atom is 0.258 e. The third-order valence-corrected chi connectivity index (χ3v) is 3.83. The lowest BCUT2D eigenvalue weighted by Gasteiger charge is -2.06. The molecule has 0 saturated carbocycles. The van der Waals surface area contributed by atoms with Gasteiger partial charge < -0.3 is 5.32 Å². The number of nitrogens with zero attached hydrogens (tertiary/aromatic N) is 2. The maximum atomic E-state index is 12.2. The first kappa shape index (κ1) is 14.0. The Balaban J connectivity index is 2.24. The van der Waals surface area contributed by atoms with Crippen LogP contribution in [0.15, 0.2) is 29.2 Å². The normalized spacial score (nSPS) is 10.5. The fourth-order valence-corrected chi connectivity index (χ4v) is 2.25. The predicted octanol–water partition coefficient (Wildman–Crippen LogP) is 3.36. The van der Waals surface area contributed by atoms with Crippen molar-refractivity contribution in [3.8, 4) is 0 Å². The Hall–Kier alpha value is -1.46. The Bertz CT molecular complexity index is 605. The number of benzene rings is 1. The Kier molecular flexibility index (Phi) is 4.17. The fourth-order valence-electron chi connectivity index (χ4n) is 1.61. The van der Waals surface area contributed by atoms with Gasteiger partial charge in [0.05, 0.1) is 10.6 Å². The molecule has 0 bridgehead atoms. The zero-order valence-corrected chi connectivity index (χ0v) is 12.5. The largest absolute Gasteiger partial charge is 0.305 e. The molecule has 0 unspecified atom stereocenters. The first-order valence-electron chi connectivity index (χ1n) is 5.67. The number of hydrogen-bond donors (Lipinski definition) is 1. The average molecular weight is 296 g/mol. The van der Waals surface area contributed by atoms with Crippen LogP contribution in [0.2, 0.25) is 5.02 Å². The third-order valence-electron chi connectivity index (χ3n) is 2.77. The number of hydrogen-bond acceptors (Lipinski definition) is 3. The lowest BCUT2D eigenvalue weighted by molar-refractivity contribution is 0.102. The number of halogens is 1. The molecule has 0 aliphatic rings. The van der Waals surface area contributed by atoms with Gasteiger partial charge in [-0.2, -0.15) is 5.10 Å². The van der Waals surface area contributed by atoms with E-state index in [-0.39, 0.29) is 5.91 Å². The van der Waals surface area contributed by atoms with Crippen LogP contribution in [0.1, 0.15) is 16.1 Å². The van der Waals surface area contributed by atoms with Crippen LogP contribution in [0.3, 0.4) is 0 Å². The van der Waals surface area contributed by atoms with Crippen LogP contribution in [-0.2, 0) is 7.05 Å². The van der Waals surface area contributed by atoms with Gasteiger partial charge in [0, 0.05) is 23.7 Å². The van der Waals surface area contributed by atoms with Crippen LogP contribution in [-0.4, -0.2) is 21.9 Å². The summed E-state index contributed by atoms with van der Waals surface area (Å²) in [7, 11) is 1.83. The molecule has 1 amide bonds. The van der Waals surface area contributed by atoms with Gasteiger partial charge in [-0.1, -0.05) is 11.6 Å². The summed E-state index contributed by atoms with van der Waals surface area (Å²) in [6, 6.07) is 7.20. The van der Waals surface area contributed by atoms with Gasteiger partial charge in [0.1, 0.15) is 0 Å². The van der Waals surface area contributed by atoms with Crippen molar-refractivity contribution in [3.05, 3.63) is 40.5 Å². The van der Waals surface area contributed by atoms with E-state index in [0.29, 0.717) is 16.4 Å². The number of carbonyl (C=O) groups excluding carboxylic acids is 1. The second-order valence-corrected chi connectivity index (χ2v) is 5.38. The zero-order valence-electron chi connectivity index (χ0n) is 10.9. The number of nitrogens with one attached hydrogen (secondary N) is 1. The van der Waals surface area contributed by atoms with Crippen molar-refractivity contribution in [2.24, 2.45) is 7.05 Å². The summed E-state index contributed by atoms with van der Waals surface area (Å²) in [6.45, 7) is 1.92. The molecule has 0 atom stereocenters. The quantitative estimate of drug-likeness (QED) is 0.883. The minimum absolute atomic E-state index is 0.251. The Morgan fingerprint density at radius 1 is 1.42 bits per heavy atom. The van der Waals surface area contributed by atoms with Gasteiger partial charge in [0.25, 0.3) is 5.91 Å². The molecule has 19 heavy (non-hydrogen) atoms. The van der Waals surface area contributed by atoms with Gasteiger partial charge in [0.15, 0.2) is 5.82 Å². The zero-order chi connectivity index (χ0) is 14.0. The van der Waals surface area contributed by atoms with E-state index >= 15 is 0 Å². The highest BCUT2D eigenvalue weighted by molar-refractivity contribution is 7.98. The van der Waals surface area contributed by atoms with Gasteiger partial charge in [0.2, 0.25) is 0 Å². The van der Waals surface area contributed by atoms with Crippen molar-refractivity contribution < 1.29 is 4.79 Å². The Morgan fingerprint density at radius 2 is 2.16 bits per heavy atom. The van der Waals surface area contributed by atoms with E-state index in [9.17, 15) is 4.79 Å². The molecular formula is C13H14ClN3OS. The van der Waals surface area contributed by atoms with Crippen molar-refractivity contribution in [1.29, 1.82) is 0 Å². The van der Waals surface area contributed by atoms with Gasteiger partial charge >= 0.3 is 0 Å². The van der Waals surface area contributed by atoms with Gasteiger partial charge in [-0.05, 0) is 31.4 Å². The summed E-state index contributed by atoms with van der Waals surface area (Å²) < 4.78 is 1.70. The molecule has 1 aromatic heterocycles. The highest BCUT2D eigenvalue weighted by atomic mass is 35.5. The van der Waals surface area contributed by atoms with E-state index in [1.165, 1.54) is 0 Å². The molecule has 1 aromatic carbocycles. The summed E-state index contributed by atoms with van der Waals surface area (Å²) in [6.07, 6.45) is 1.95. The number of carbonyl (C=O) groups is 1. The minimum Gasteiger partial charge on any atom is -0.305 e. The van der Waals surface area contributed by atoms with Crippen LogP contribution < -0.4 is 5.32 Å². The monoisotopic (exact) mass is 295 g/mol. The minimum atomic E-state index is -0.251. The number of amides is 1. The summed E-state index contributed by atoms with van der Waals surface area (Å²) >= 11 is 7.62. The van der Waals surface area contributed by atoms with Crippen molar-refractivity contribution in [2.45, 2.75) is 11.8 Å². The second-order valence-electron chi connectivity index (χ2n) is 4.09. The van der Waals surface area contributed by atoms with Gasteiger partial charge in [-0.25, -0.2) is 0 Å². The molecule has 1 N–H and O–H groups in total. The molecule has 4 nitrogen and oxygen atoms in total. The van der Waals surface area contributed by atoms with Crippen molar-refractivity contribution in [1.82, 2.24) is 9.78 Å². The number of rotatable bonds is 3. The summed E-state index contributed by atoms with van der Waals surface area (Å²) in [5.74, 6) is 0.273. The number of aryl methyl sites for hydroxylation is 2. The molecule has 2 rings (SSSR count). The summed E-state index contributed by atoms with van der Waals surface area (Å²) in [4.78, 5) is 13.2. The summed E-state index contributed by atoms with van der Waals surface area (Å²) in [5.41, 5.74) is 1.43. The van der Waals surface area contributed by atoms with Crippen molar-refractivity contribution in [3.63, 3.8) is 0 Å². The first-order chi connectivity index (χ1) is 9.01. The predicted molar refractivity (Wildman–Crippen MR) is 79.1 cm³/mol. The van der Waals surface area contributed by atoms with Crippen LogP contribution in [0.25, 0.3) is 0 Å².